The second-order valence-corrected chi connectivity index (χ2v) is 11.2. The van der Waals surface area contributed by atoms with Gasteiger partial charge in [-0.1, -0.05) is 71.1 Å². The van der Waals surface area contributed by atoms with Crippen LogP contribution in [0.25, 0.3) is 0 Å². The Kier molecular flexibility index (Phi) is 16.9. The molecule has 1 N–H and O–H groups in total. The molecule has 0 spiro atoms. The highest BCUT2D eigenvalue weighted by Crippen LogP contribution is 2.30. The Hall–Kier alpha value is -3.74. The molecule has 1 aliphatic rings. The molecule has 0 saturated carbocycles. The van der Waals surface area contributed by atoms with Gasteiger partial charge in [-0.2, -0.15) is 0 Å². The maximum Gasteiger partial charge on any atom is 0.303 e. The largest absolute Gasteiger partial charge is 0.463 e. The third-order valence-corrected chi connectivity index (χ3v) is 7.34. The summed E-state index contributed by atoms with van der Waals surface area (Å²) in [4.78, 5) is 59.5. The Balaban J connectivity index is 2.14. The number of nitro groups is 1. The van der Waals surface area contributed by atoms with Crippen molar-refractivity contribution in [2.24, 2.45) is 0 Å². The first kappa shape index (κ1) is 37.4. The molecule has 2 rings (SSSR count). The molecule has 5 unspecified atom stereocenters. The lowest BCUT2D eigenvalue weighted by Crippen LogP contribution is -2.67. The number of nitrogens with zero attached hydrogens (tertiary/aromatic N) is 1. The number of non-ortho nitro benzene ring substituents is 1. The average Bonchev–Trinajstić information content (AvgIpc) is 2.97. The SMILES string of the molecule is CCCCCCCCCCCCCC(=O)NC1C(Oc2ccc([N+](=O)[O-])cc2)OC(COC(C)=O)C(OC(C)=O)C1OC(C)=O. The third-order valence-electron chi connectivity index (χ3n) is 7.34. The van der Waals surface area contributed by atoms with Crippen molar-refractivity contribution in [1.82, 2.24) is 5.32 Å². The van der Waals surface area contributed by atoms with Crippen LogP contribution in [0.2, 0.25) is 0 Å². The van der Waals surface area contributed by atoms with Crippen molar-refractivity contribution >= 4 is 29.5 Å². The summed E-state index contributed by atoms with van der Waals surface area (Å²) in [6, 6.07) is 4.03. The summed E-state index contributed by atoms with van der Waals surface area (Å²) in [6.45, 7) is 5.35. The van der Waals surface area contributed by atoms with Crippen LogP contribution in [-0.2, 0) is 38.1 Å². The van der Waals surface area contributed by atoms with E-state index in [2.05, 4.69) is 12.2 Å². The number of benzene rings is 1. The first-order valence-electron chi connectivity index (χ1n) is 15.9. The summed E-state index contributed by atoms with van der Waals surface area (Å²) in [5, 5.41) is 13.9. The minimum absolute atomic E-state index is 0.161. The third kappa shape index (κ3) is 14.3. The second kappa shape index (κ2) is 20.3. The first-order chi connectivity index (χ1) is 21.5. The Morgan fingerprint density at radius 2 is 1.33 bits per heavy atom. The predicted molar refractivity (Wildman–Crippen MR) is 163 cm³/mol. The van der Waals surface area contributed by atoms with Crippen molar-refractivity contribution in [3.63, 3.8) is 0 Å². The highest BCUT2D eigenvalue weighted by atomic mass is 16.7. The van der Waals surface area contributed by atoms with E-state index in [0.29, 0.717) is 6.42 Å². The molecule has 0 aromatic heterocycles. The van der Waals surface area contributed by atoms with Crippen LogP contribution in [0.5, 0.6) is 5.75 Å². The summed E-state index contributed by atoms with van der Waals surface area (Å²) in [7, 11) is 0. The number of nitrogens with one attached hydrogen (secondary N) is 1. The Labute approximate surface area is 264 Å². The molecule has 0 bridgehead atoms. The fraction of sp³-hybridized carbons (Fsp3) is 0.688. The zero-order valence-corrected chi connectivity index (χ0v) is 26.8. The first-order valence-corrected chi connectivity index (χ1v) is 15.9. The number of hydrogen-bond donors (Lipinski definition) is 1. The minimum atomic E-state index is -1.32. The quantitative estimate of drug-likeness (QED) is 0.0647. The maximum atomic E-state index is 13.1. The number of ether oxygens (including phenoxy) is 5. The molecule has 1 amide bonds. The van der Waals surface area contributed by atoms with Crippen LogP contribution in [0.1, 0.15) is 105 Å². The van der Waals surface area contributed by atoms with Crippen molar-refractivity contribution in [2.45, 2.75) is 135 Å². The van der Waals surface area contributed by atoms with Gasteiger partial charge in [0.25, 0.3) is 5.69 Å². The lowest BCUT2D eigenvalue weighted by molar-refractivity contribution is -0.384. The number of unbranched alkanes of at least 4 members (excludes halogenated alkanes) is 10. The smallest absolute Gasteiger partial charge is 0.303 e. The molecule has 13 heteroatoms. The number of hydrogen-bond acceptors (Lipinski definition) is 11. The van der Waals surface area contributed by atoms with Crippen molar-refractivity contribution in [2.75, 3.05) is 6.61 Å². The van der Waals surface area contributed by atoms with Gasteiger partial charge in [-0.15, -0.1) is 0 Å². The van der Waals surface area contributed by atoms with Gasteiger partial charge >= 0.3 is 17.9 Å². The Morgan fingerprint density at radius 3 is 1.84 bits per heavy atom. The summed E-state index contributed by atoms with van der Waals surface area (Å²) in [6.07, 6.45) is 7.63. The molecule has 13 nitrogen and oxygen atoms in total. The van der Waals surface area contributed by atoms with Crippen LogP contribution in [0.4, 0.5) is 5.69 Å². The molecular weight excluding hydrogens is 588 g/mol. The van der Waals surface area contributed by atoms with Crippen molar-refractivity contribution in [3.8, 4) is 5.75 Å². The lowest BCUT2D eigenvalue weighted by atomic mass is 9.95. The van der Waals surface area contributed by atoms with E-state index in [0.717, 1.165) is 33.1 Å². The van der Waals surface area contributed by atoms with Crippen molar-refractivity contribution in [3.05, 3.63) is 34.4 Å². The Bertz CT molecular complexity index is 1100. The number of amides is 1. The molecule has 1 aromatic rings. The number of carbonyl (C=O) groups is 4. The van der Waals surface area contributed by atoms with E-state index in [1.807, 2.05) is 0 Å². The van der Waals surface area contributed by atoms with Crippen LogP contribution >= 0.6 is 0 Å². The summed E-state index contributed by atoms with van der Waals surface area (Å²) in [5.74, 6) is -2.25. The van der Waals surface area contributed by atoms with Gasteiger partial charge in [-0.05, 0) is 18.6 Å². The fourth-order valence-electron chi connectivity index (χ4n) is 5.14. The molecule has 1 heterocycles. The van der Waals surface area contributed by atoms with E-state index >= 15 is 0 Å². The van der Waals surface area contributed by atoms with Gasteiger partial charge in [-0.3, -0.25) is 29.3 Å². The normalized spacial score (nSPS) is 20.9. The van der Waals surface area contributed by atoms with Crippen molar-refractivity contribution in [1.29, 1.82) is 0 Å². The van der Waals surface area contributed by atoms with Gasteiger partial charge in [0.1, 0.15) is 24.5 Å². The highest BCUT2D eigenvalue weighted by molar-refractivity contribution is 5.76. The fourth-order valence-corrected chi connectivity index (χ4v) is 5.14. The van der Waals surface area contributed by atoms with E-state index in [1.165, 1.54) is 76.1 Å². The monoisotopic (exact) mass is 636 g/mol. The van der Waals surface area contributed by atoms with Gasteiger partial charge in [-0.25, -0.2) is 0 Å². The van der Waals surface area contributed by atoms with Crippen LogP contribution in [0.15, 0.2) is 24.3 Å². The number of nitro benzene ring substituents is 1. The van der Waals surface area contributed by atoms with E-state index in [9.17, 15) is 29.3 Å². The number of carbonyl (C=O) groups excluding carboxylic acids is 4. The maximum absolute atomic E-state index is 13.1. The standard InChI is InChI=1S/C32H48N2O11/c1-5-6-7-8-9-10-11-12-13-14-15-16-28(38)33-29-31(43-24(4)37)30(42-23(3)36)27(21-41-22(2)35)45-32(29)44-26-19-17-25(18-20-26)34(39)40/h17-20,27,29-32H,5-16,21H2,1-4H3,(H,33,38). The predicted octanol–water partition coefficient (Wildman–Crippen LogP) is 5.31. The minimum Gasteiger partial charge on any atom is -0.463 e. The summed E-state index contributed by atoms with van der Waals surface area (Å²) < 4.78 is 28.2. The molecule has 1 aliphatic heterocycles. The highest BCUT2D eigenvalue weighted by Gasteiger charge is 2.52. The average molecular weight is 637 g/mol. The number of rotatable bonds is 20. The second-order valence-electron chi connectivity index (χ2n) is 11.2. The van der Waals surface area contributed by atoms with E-state index in [1.54, 1.807) is 0 Å². The van der Waals surface area contributed by atoms with Gasteiger partial charge in [0.2, 0.25) is 12.2 Å². The topological polar surface area (TPSA) is 170 Å². The molecule has 252 valence electrons. The molecule has 0 radical (unpaired) electrons. The molecule has 45 heavy (non-hydrogen) atoms. The summed E-state index contributed by atoms with van der Waals surface area (Å²) >= 11 is 0. The zero-order chi connectivity index (χ0) is 33.2. The van der Waals surface area contributed by atoms with Crippen LogP contribution in [-0.4, -0.2) is 66.0 Å². The molecule has 1 aromatic carbocycles. The molecule has 5 atom stereocenters. The molecule has 0 aliphatic carbocycles. The van der Waals surface area contributed by atoms with Gasteiger partial charge in [0.15, 0.2) is 12.2 Å². The van der Waals surface area contributed by atoms with Gasteiger partial charge < -0.3 is 29.0 Å². The van der Waals surface area contributed by atoms with E-state index in [4.69, 9.17) is 23.7 Å². The van der Waals surface area contributed by atoms with Crippen LogP contribution in [0.3, 0.4) is 0 Å². The van der Waals surface area contributed by atoms with Gasteiger partial charge in [0, 0.05) is 39.3 Å². The zero-order valence-electron chi connectivity index (χ0n) is 26.8. The van der Waals surface area contributed by atoms with Crippen LogP contribution < -0.4 is 10.1 Å². The summed E-state index contributed by atoms with van der Waals surface area (Å²) in [5.41, 5.74) is -0.163. The molecule has 1 saturated heterocycles. The van der Waals surface area contributed by atoms with E-state index in [-0.39, 0.29) is 30.4 Å². The lowest BCUT2D eigenvalue weighted by Gasteiger charge is -2.44. The number of esters is 3. The molecule has 1 fully saturated rings. The van der Waals surface area contributed by atoms with Crippen molar-refractivity contribution < 1.29 is 47.8 Å². The Morgan fingerprint density at radius 1 is 0.800 bits per heavy atom. The van der Waals surface area contributed by atoms with E-state index < -0.39 is 53.5 Å². The van der Waals surface area contributed by atoms with Crippen LogP contribution in [0, 0.1) is 10.1 Å². The van der Waals surface area contributed by atoms with Gasteiger partial charge in [0.05, 0.1) is 4.92 Å². The molecular formula is C32H48N2O11.